The summed E-state index contributed by atoms with van der Waals surface area (Å²) in [6.07, 6.45) is 1.64. The Hall–Kier alpha value is -5.52. The van der Waals surface area contributed by atoms with Crippen LogP contribution in [-0.2, 0) is 16.1 Å². The summed E-state index contributed by atoms with van der Waals surface area (Å²) >= 11 is 0. The van der Waals surface area contributed by atoms with Crippen LogP contribution in [0.15, 0.2) is 102 Å². The number of methoxy groups -OCH3 is 1. The highest BCUT2D eigenvalue weighted by Crippen LogP contribution is 2.35. The smallest absolute Gasteiger partial charge is 0.278 e. The number of amides is 1. The summed E-state index contributed by atoms with van der Waals surface area (Å²) < 4.78 is 13.0. The van der Waals surface area contributed by atoms with Gasteiger partial charge in [0.25, 0.3) is 5.91 Å². The second kappa shape index (κ2) is 13.4. The van der Waals surface area contributed by atoms with Crippen molar-refractivity contribution >= 4 is 12.1 Å². The van der Waals surface area contributed by atoms with Crippen molar-refractivity contribution in [2.24, 2.45) is 5.10 Å². The average molecular weight is 570 g/mol. The standard InChI is InChI=1S/C35H31N5O3/c1-24-14-16-30(17-15-24)40-32(26-10-6-4-7-11-26)19-28(34(40)27-12-8-5-9-13-27)21-37-39-33(41)23-43-35-31(20-36)29(22-42-3)18-25(2)38-35/h4-19,21H,22-23H2,1-3H3,(H,39,41)/b37-21-. The van der Waals surface area contributed by atoms with Crippen LogP contribution in [-0.4, -0.2) is 35.4 Å². The maximum Gasteiger partial charge on any atom is 0.278 e. The van der Waals surface area contributed by atoms with Gasteiger partial charge in [-0.15, -0.1) is 0 Å². The van der Waals surface area contributed by atoms with E-state index in [4.69, 9.17) is 9.47 Å². The molecular weight excluding hydrogens is 538 g/mol. The SMILES string of the molecule is COCc1cc(C)nc(OCC(=O)N/N=C\c2cc(-c3ccccc3)n(-c3ccc(C)cc3)c2-c2ccccc2)c1C#N. The second-order valence-corrected chi connectivity index (χ2v) is 9.97. The van der Waals surface area contributed by atoms with Crippen molar-refractivity contribution in [2.45, 2.75) is 20.5 Å². The monoisotopic (exact) mass is 569 g/mol. The molecule has 214 valence electrons. The number of carbonyl (C=O) groups excluding carboxylic acids is 1. The van der Waals surface area contributed by atoms with E-state index in [0.717, 1.165) is 33.8 Å². The van der Waals surface area contributed by atoms with Crippen LogP contribution in [0.3, 0.4) is 0 Å². The third-order valence-electron chi connectivity index (χ3n) is 6.78. The summed E-state index contributed by atoms with van der Waals surface area (Å²) in [5.74, 6) is -0.401. The molecule has 0 saturated carbocycles. The zero-order valence-corrected chi connectivity index (χ0v) is 24.2. The van der Waals surface area contributed by atoms with E-state index in [-0.39, 0.29) is 24.7 Å². The van der Waals surface area contributed by atoms with Crippen LogP contribution in [0.4, 0.5) is 0 Å². The highest BCUT2D eigenvalue weighted by Gasteiger charge is 2.19. The molecule has 2 heterocycles. The quantitative estimate of drug-likeness (QED) is 0.156. The number of nitrogens with one attached hydrogen (secondary N) is 1. The molecular formula is C35H31N5O3. The number of nitrogens with zero attached hydrogens (tertiary/aromatic N) is 4. The van der Waals surface area contributed by atoms with Crippen molar-refractivity contribution in [1.29, 1.82) is 5.26 Å². The number of aromatic nitrogens is 2. The predicted molar refractivity (Wildman–Crippen MR) is 167 cm³/mol. The Bertz CT molecular complexity index is 1790. The molecule has 0 radical (unpaired) electrons. The van der Waals surface area contributed by atoms with Gasteiger partial charge >= 0.3 is 0 Å². The number of nitriles is 1. The molecule has 5 aromatic rings. The fourth-order valence-corrected chi connectivity index (χ4v) is 4.85. The lowest BCUT2D eigenvalue weighted by Gasteiger charge is -2.15. The fraction of sp³-hybridized carbons (Fsp3) is 0.143. The lowest BCUT2D eigenvalue weighted by Crippen LogP contribution is -2.25. The van der Waals surface area contributed by atoms with E-state index >= 15 is 0 Å². The summed E-state index contributed by atoms with van der Waals surface area (Å²) in [5.41, 5.74) is 11.1. The first-order valence-electron chi connectivity index (χ1n) is 13.8. The van der Waals surface area contributed by atoms with E-state index in [1.165, 1.54) is 5.56 Å². The number of hydrazone groups is 1. The van der Waals surface area contributed by atoms with E-state index in [2.05, 4.69) is 87.7 Å². The molecule has 8 heteroatoms. The van der Waals surface area contributed by atoms with E-state index in [9.17, 15) is 10.1 Å². The molecule has 2 aromatic heterocycles. The second-order valence-electron chi connectivity index (χ2n) is 9.97. The van der Waals surface area contributed by atoms with E-state index in [1.807, 2.05) is 36.4 Å². The summed E-state index contributed by atoms with van der Waals surface area (Å²) in [4.78, 5) is 17.0. The molecule has 5 rings (SSSR count). The minimum absolute atomic E-state index is 0.0859. The number of carbonyl (C=O) groups is 1. The van der Waals surface area contributed by atoms with Crippen molar-refractivity contribution in [3.05, 3.63) is 125 Å². The Balaban J connectivity index is 1.46. The van der Waals surface area contributed by atoms with Gasteiger partial charge < -0.3 is 14.0 Å². The van der Waals surface area contributed by atoms with Crippen LogP contribution < -0.4 is 10.2 Å². The Kier molecular flexibility index (Phi) is 9.05. The minimum Gasteiger partial charge on any atom is -0.467 e. The number of pyridine rings is 1. The maximum atomic E-state index is 12.7. The third kappa shape index (κ3) is 6.70. The number of aryl methyl sites for hydroxylation is 2. The number of benzene rings is 3. The molecule has 0 spiro atoms. The zero-order valence-electron chi connectivity index (χ0n) is 24.2. The predicted octanol–water partition coefficient (Wildman–Crippen LogP) is 6.37. The van der Waals surface area contributed by atoms with Crippen molar-refractivity contribution in [2.75, 3.05) is 13.7 Å². The fourth-order valence-electron chi connectivity index (χ4n) is 4.85. The molecule has 0 unspecified atom stereocenters. The molecule has 43 heavy (non-hydrogen) atoms. The van der Waals surface area contributed by atoms with Gasteiger partial charge in [-0.3, -0.25) is 4.79 Å². The lowest BCUT2D eigenvalue weighted by molar-refractivity contribution is -0.123. The number of ether oxygens (including phenoxy) is 2. The lowest BCUT2D eigenvalue weighted by atomic mass is 10.1. The Morgan fingerprint density at radius 3 is 2.30 bits per heavy atom. The summed E-state index contributed by atoms with van der Waals surface area (Å²) in [5, 5.41) is 13.9. The Morgan fingerprint density at radius 2 is 1.65 bits per heavy atom. The first kappa shape index (κ1) is 29.0. The Morgan fingerprint density at radius 1 is 0.977 bits per heavy atom. The van der Waals surface area contributed by atoms with E-state index < -0.39 is 5.91 Å². The molecule has 1 N–H and O–H groups in total. The van der Waals surface area contributed by atoms with Gasteiger partial charge in [0.1, 0.15) is 11.6 Å². The van der Waals surface area contributed by atoms with Crippen LogP contribution in [0.5, 0.6) is 5.88 Å². The van der Waals surface area contributed by atoms with Gasteiger partial charge in [0.2, 0.25) is 5.88 Å². The van der Waals surface area contributed by atoms with Gasteiger partial charge in [-0.25, -0.2) is 10.4 Å². The number of hydrogen-bond donors (Lipinski definition) is 1. The Labute approximate surface area is 250 Å². The van der Waals surface area contributed by atoms with Crippen LogP contribution in [0.2, 0.25) is 0 Å². The summed E-state index contributed by atoms with van der Waals surface area (Å²) in [6.45, 7) is 3.72. The molecule has 0 bridgehead atoms. The minimum atomic E-state index is -0.487. The van der Waals surface area contributed by atoms with Crippen LogP contribution in [0.25, 0.3) is 28.2 Å². The van der Waals surface area contributed by atoms with Crippen molar-refractivity contribution < 1.29 is 14.3 Å². The van der Waals surface area contributed by atoms with Crippen molar-refractivity contribution in [3.8, 4) is 40.2 Å². The van der Waals surface area contributed by atoms with Gasteiger partial charge in [-0.1, -0.05) is 78.4 Å². The highest BCUT2D eigenvalue weighted by molar-refractivity contribution is 5.94. The first-order chi connectivity index (χ1) is 21.0. The average Bonchev–Trinajstić information content (AvgIpc) is 3.40. The van der Waals surface area contributed by atoms with Gasteiger partial charge in [0, 0.05) is 29.6 Å². The zero-order chi connectivity index (χ0) is 30.2. The molecule has 0 saturated heterocycles. The molecule has 0 aliphatic heterocycles. The molecule has 8 nitrogen and oxygen atoms in total. The molecule has 0 aliphatic carbocycles. The molecule has 3 aromatic carbocycles. The molecule has 0 fully saturated rings. The normalized spacial score (nSPS) is 10.9. The van der Waals surface area contributed by atoms with Gasteiger partial charge in [0.05, 0.1) is 24.2 Å². The maximum absolute atomic E-state index is 12.7. The summed E-state index contributed by atoms with van der Waals surface area (Å²) in [6, 6.07) is 34.5. The highest BCUT2D eigenvalue weighted by atomic mass is 16.5. The van der Waals surface area contributed by atoms with E-state index in [1.54, 1.807) is 26.3 Å². The molecule has 0 atom stereocenters. The molecule has 1 amide bonds. The van der Waals surface area contributed by atoms with Gasteiger partial charge in [0.15, 0.2) is 6.61 Å². The molecule has 0 aliphatic rings. The van der Waals surface area contributed by atoms with Crippen LogP contribution >= 0.6 is 0 Å². The topological polar surface area (TPSA) is 102 Å². The number of rotatable bonds is 10. The van der Waals surface area contributed by atoms with Crippen molar-refractivity contribution in [1.82, 2.24) is 15.0 Å². The van der Waals surface area contributed by atoms with Gasteiger partial charge in [-0.2, -0.15) is 10.4 Å². The van der Waals surface area contributed by atoms with Gasteiger partial charge in [-0.05, 0) is 49.2 Å². The van der Waals surface area contributed by atoms with E-state index in [0.29, 0.717) is 11.3 Å². The third-order valence-corrected chi connectivity index (χ3v) is 6.78. The van der Waals surface area contributed by atoms with Crippen LogP contribution in [0, 0.1) is 25.2 Å². The number of hydrogen-bond acceptors (Lipinski definition) is 6. The van der Waals surface area contributed by atoms with Crippen LogP contribution in [0.1, 0.15) is 27.9 Å². The summed E-state index contributed by atoms with van der Waals surface area (Å²) in [7, 11) is 1.55. The largest absolute Gasteiger partial charge is 0.467 e. The van der Waals surface area contributed by atoms with Crippen molar-refractivity contribution in [3.63, 3.8) is 0 Å². The first-order valence-corrected chi connectivity index (χ1v) is 13.8.